The Morgan fingerprint density at radius 3 is 2.69 bits per heavy atom. The quantitative estimate of drug-likeness (QED) is 0.321. The lowest BCUT2D eigenvalue weighted by Gasteiger charge is -2.31. The minimum Gasteiger partial charge on any atom is -0.497 e. The summed E-state index contributed by atoms with van der Waals surface area (Å²) in [4.78, 5) is 17.3. The Labute approximate surface area is 213 Å². The number of carbonyl (C=O) groups excluding carboxylic acids is 1. The molecule has 0 bridgehead atoms. The Hall–Kier alpha value is -3.22. The monoisotopic (exact) mass is 503 g/mol. The molecule has 1 aliphatic carbocycles. The molecule has 1 N–H and O–H groups in total. The van der Waals surface area contributed by atoms with Gasteiger partial charge < -0.3 is 19.5 Å². The normalized spacial score (nSPS) is 16.6. The van der Waals surface area contributed by atoms with E-state index in [9.17, 15) is 4.79 Å². The molecular weight excluding hydrogens is 478 g/mol. The smallest absolute Gasteiger partial charge is 0.322 e. The van der Waals surface area contributed by atoms with Gasteiger partial charge in [-0.1, -0.05) is 29.8 Å². The number of methoxy groups -OCH3 is 1. The minimum absolute atomic E-state index is 0.149. The van der Waals surface area contributed by atoms with Gasteiger partial charge >= 0.3 is 6.03 Å². The highest BCUT2D eigenvalue weighted by Gasteiger charge is 2.36. The van der Waals surface area contributed by atoms with Crippen LogP contribution in [0.15, 0.2) is 66.9 Å². The lowest BCUT2D eigenvalue weighted by Crippen LogP contribution is -2.38. The number of nitrogens with one attached hydrogen (secondary N) is 1. The molecule has 2 aliphatic rings. The first-order valence-corrected chi connectivity index (χ1v) is 13.1. The van der Waals surface area contributed by atoms with E-state index in [1.165, 1.54) is 33.8 Å². The minimum atomic E-state index is -0.256. The fraction of sp³-hybridized carbons (Fsp3) is 0.250. The Kier molecular flexibility index (Phi) is 5.78. The third-order valence-corrected chi connectivity index (χ3v) is 8.52. The lowest BCUT2D eigenvalue weighted by atomic mass is 9.95. The molecule has 1 aliphatic heterocycles. The molecule has 2 aromatic heterocycles. The average Bonchev–Trinajstić information content (AvgIpc) is 3.46. The summed E-state index contributed by atoms with van der Waals surface area (Å²) in [6, 6.07) is 19.1. The first-order chi connectivity index (χ1) is 17.1. The molecule has 2 amide bonds. The SMILES string of the molecule is COc1ccc([C@H]2c3cccn3-c3sc4c(c3CN2C(=O)Nc2cccc(Cl)c2)CCCC4)cc1. The van der Waals surface area contributed by atoms with E-state index in [-0.39, 0.29) is 12.1 Å². The number of halogens is 1. The van der Waals surface area contributed by atoms with Crippen molar-refractivity contribution in [2.75, 3.05) is 12.4 Å². The summed E-state index contributed by atoms with van der Waals surface area (Å²) in [5.74, 6) is 0.792. The van der Waals surface area contributed by atoms with Crippen molar-refractivity contribution in [3.8, 4) is 10.8 Å². The Morgan fingerprint density at radius 1 is 1.06 bits per heavy atom. The molecule has 0 spiro atoms. The highest BCUT2D eigenvalue weighted by atomic mass is 35.5. The molecule has 3 heterocycles. The predicted octanol–water partition coefficient (Wildman–Crippen LogP) is 7.22. The number of thiophene rings is 1. The van der Waals surface area contributed by atoms with Crippen molar-refractivity contribution in [2.45, 2.75) is 38.3 Å². The molecule has 0 unspecified atom stereocenters. The molecule has 6 rings (SSSR count). The van der Waals surface area contributed by atoms with Crippen LogP contribution in [0, 0.1) is 0 Å². The van der Waals surface area contributed by atoms with Crippen LogP contribution in [-0.2, 0) is 19.4 Å². The Morgan fingerprint density at radius 2 is 1.89 bits per heavy atom. The largest absolute Gasteiger partial charge is 0.497 e. The second kappa shape index (κ2) is 9.10. The number of carbonyl (C=O) groups is 1. The predicted molar refractivity (Wildman–Crippen MR) is 141 cm³/mol. The maximum Gasteiger partial charge on any atom is 0.322 e. The summed E-state index contributed by atoms with van der Waals surface area (Å²) < 4.78 is 7.68. The van der Waals surface area contributed by atoms with E-state index < -0.39 is 0 Å². The summed E-state index contributed by atoms with van der Waals surface area (Å²) in [7, 11) is 1.66. The summed E-state index contributed by atoms with van der Waals surface area (Å²) >= 11 is 8.09. The number of amides is 2. The van der Waals surface area contributed by atoms with Crippen molar-refractivity contribution < 1.29 is 9.53 Å². The van der Waals surface area contributed by atoms with E-state index in [1.54, 1.807) is 19.2 Å². The standard InChI is InChI=1S/C28H26ClN3O2S/c1-34-21-13-11-18(12-14-21)26-24-9-5-15-31(24)27-23(22-8-2-3-10-25(22)35-27)17-32(26)28(33)30-20-7-4-6-19(29)16-20/h4-7,9,11-16,26H,2-3,8,10,17H2,1H3,(H,30,33)/t26-/m0/s1. The van der Waals surface area contributed by atoms with Crippen LogP contribution in [0.1, 0.15) is 46.1 Å². The Balaban J connectivity index is 1.49. The van der Waals surface area contributed by atoms with Gasteiger partial charge in [-0.15, -0.1) is 11.3 Å². The molecule has 0 saturated heterocycles. The molecule has 178 valence electrons. The molecule has 4 aromatic rings. The van der Waals surface area contributed by atoms with Crippen molar-refractivity contribution >= 4 is 34.7 Å². The van der Waals surface area contributed by atoms with Gasteiger partial charge in [-0.3, -0.25) is 0 Å². The van der Waals surface area contributed by atoms with E-state index >= 15 is 0 Å². The zero-order chi connectivity index (χ0) is 23.9. The third kappa shape index (κ3) is 4.01. The first kappa shape index (κ1) is 22.3. The fourth-order valence-corrected chi connectivity index (χ4v) is 6.88. The van der Waals surface area contributed by atoms with Gasteiger partial charge in [0.25, 0.3) is 0 Å². The van der Waals surface area contributed by atoms with Crippen molar-refractivity contribution in [1.29, 1.82) is 0 Å². The molecule has 0 fully saturated rings. The maximum atomic E-state index is 13.9. The van der Waals surface area contributed by atoms with Crippen molar-refractivity contribution in [1.82, 2.24) is 9.47 Å². The van der Waals surface area contributed by atoms with E-state index in [0.717, 1.165) is 29.8 Å². The molecular formula is C28H26ClN3O2S. The van der Waals surface area contributed by atoms with Gasteiger partial charge in [-0.05, 0) is 79.3 Å². The first-order valence-electron chi connectivity index (χ1n) is 11.9. The van der Waals surface area contributed by atoms with Gasteiger partial charge in [0.1, 0.15) is 10.8 Å². The summed E-state index contributed by atoms with van der Waals surface area (Å²) in [6.07, 6.45) is 6.77. The van der Waals surface area contributed by atoms with Crippen LogP contribution in [0.5, 0.6) is 5.75 Å². The number of aromatic nitrogens is 1. The van der Waals surface area contributed by atoms with Gasteiger partial charge in [0.15, 0.2) is 0 Å². The van der Waals surface area contributed by atoms with Gasteiger partial charge in [0.2, 0.25) is 0 Å². The fourth-order valence-electron chi connectivity index (χ4n) is 5.29. The Bertz CT molecular complexity index is 1390. The van der Waals surface area contributed by atoms with Gasteiger partial charge in [-0.2, -0.15) is 0 Å². The van der Waals surface area contributed by atoms with Crippen LogP contribution in [0.3, 0.4) is 0 Å². The van der Waals surface area contributed by atoms with Gasteiger partial charge in [-0.25, -0.2) is 4.79 Å². The number of nitrogens with zero attached hydrogens (tertiary/aromatic N) is 2. The van der Waals surface area contributed by atoms with Gasteiger partial charge in [0.05, 0.1) is 25.4 Å². The number of anilines is 1. The average molecular weight is 504 g/mol. The number of hydrogen-bond acceptors (Lipinski definition) is 3. The van der Waals surface area contributed by atoms with Crippen molar-refractivity contribution in [2.24, 2.45) is 0 Å². The number of fused-ring (bicyclic) bond motifs is 5. The molecule has 0 radical (unpaired) electrons. The lowest BCUT2D eigenvalue weighted by molar-refractivity contribution is 0.194. The second-order valence-electron chi connectivity index (χ2n) is 9.04. The summed E-state index contributed by atoms with van der Waals surface area (Å²) in [5.41, 5.74) is 5.51. The number of urea groups is 1. The van der Waals surface area contributed by atoms with E-state index in [1.807, 2.05) is 40.5 Å². The molecule has 35 heavy (non-hydrogen) atoms. The van der Waals surface area contributed by atoms with Crippen LogP contribution in [-0.4, -0.2) is 22.6 Å². The number of aryl methyl sites for hydroxylation is 1. The van der Waals surface area contributed by atoms with Crippen LogP contribution in [0.2, 0.25) is 5.02 Å². The van der Waals surface area contributed by atoms with Crippen LogP contribution >= 0.6 is 22.9 Å². The van der Waals surface area contributed by atoms with Crippen LogP contribution < -0.4 is 10.1 Å². The molecule has 1 atom stereocenters. The van der Waals surface area contributed by atoms with Crippen LogP contribution in [0.25, 0.3) is 5.00 Å². The number of benzene rings is 2. The van der Waals surface area contributed by atoms with Crippen molar-refractivity contribution in [3.63, 3.8) is 0 Å². The highest BCUT2D eigenvalue weighted by Crippen LogP contribution is 2.44. The van der Waals surface area contributed by atoms with Crippen molar-refractivity contribution in [3.05, 3.63) is 99.1 Å². The molecule has 2 aromatic carbocycles. The highest BCUT2D eigenvalue weighted by molar-refractivity contribution is 7.15. The maximum absolute atomic E-state index is 13.9. The molecule has 7 heteroatoms. The zero-order valence-corrected chi connectivity index (χ0v) is 21.0. The zero-order valence-electron chi connectivity index (χ0n) is 19.5. The summed E-state index contributed by atoms with van der Waals surface area (Å²) in [6.45, 7) is 0.548. The second-order valence-corrected chi connectivity index (χ2v) is 10.6. The van der Waals surface area contributed by atoms with Gasteiger partial charge in [0, 0.05) is 27.3 Å². The topological polar surface area (TPSA) is 46.5 Å². The van der Waals surface area contributed by atoms with E-state index in [4.69, 9.17) is 16.3 Å². The molecule has 5 nitrogen and oxygen atoms in total. The number of rotatable bonds is 3. The number of hydrogen-bond donors (Lipinski definition) is 1. The molecule has 0 saturated carbocycles. The van der Waals surface area contributed by atoms with E-state index in [2.05, 4.69) is 40.3 Å². The number of ether oxygens (including phenoxy) is 1. The van der Waals surface area contributed by atoms with Crippen LogP contribution in [0.4, 0.5) is 10.5 Å². The summed E-state index contributed by atoms with van der Waals surface area (Å²) in [5, 5.41) is 4.94. The van der Waals surface area contributed by atoms with E-state index in [0.29, 0.717) is 17.3 Å². The third-order valence-electron chi connectivity index (χ3n) is 6.95.